The molecule has 0 saturated heterocycles. The van der Waals surface area contributed by atoms with Crippen LogP contribution in [0.25, 0.3) is 10.9 Å². The van der Waals surface area contributed by atoms with Gasteiger partial charge in [0.25, 0.3) is 0 Å². The van der Waals surface area contributed by atoms with E-state index in [2.05, 4.69) is 20.3 Å². The van der Waals surface area contributed by atoms with Crippen LogP contribution in [0.5, 0.6) is 11.8 Å². The number of hydrogen-bond acceptors (Lipinski definition) is 6. The summed E-state index contributed by atoms with van der Waals surface area (Å²) in [7, 11) is 0. The fraction of sp³-hybridized carbons (Fsp3) is 0.167. The van der Waals surface area contributed by atoms with Crippen LogP contribution in [0.2, 0.25) is 0 Å². The molecule has 0 aliphatic carbocycles. The Kier molecular flexibility index (Phi) is 4.69. The molecule has 0 unspecified atom stereocenters. The van der Waals surface area contributed by atoms with E-state index in [1.165, 1.54) is 6.33 Å². The van der Waals surface area contributed by atoms with Gasteiger partial charge in [0.1, 0.15) is 6.33 Å². The van der Waals surface area contributed by atoms with Gasteiger partial charge in [-0.25, -0.2) is 15.0 Å². The fourth-order valence-corrected chi connectivity index (χ4v) is 3.79. The molecule has 6 nitrogen and oxygen atoms in total. The molecule has 0 atom stereocenters. The Balaban J connectivity index is 1.44. The fourth-order valence-electron chi connectivity index (χ4n) is 3.79. The molecule has 0 fully saturated rings. The summed E-state index contributed by atoms with van der Waals surface area (Å²) in [5.74, 6) is 1.03. The summed E-state index contributed by atoms with van der Waals surface area (Å²) >= 11 is 0. The van der Waals surface area contributed by atoms with Crippen molar-refractivity contribution in [2.24, 2.45) is 0 Å². The SMILES string of the molecule is Cc1cccc(CC(=O)c2cccc3nc(Oc4ncnc5c4CNC5)ccc23)c1. The molecule has 1 N–H and O–H groups in total. The summed E-state index contributed by atoms with van der Waals surface area (Å²) < 4.78 is 5.95. The van der Waals surface area contributed by atoms with Gasteiger partial charge < -0.3 is 10.1 Å². The third-order valence-corrected chi connectivity index (χ3v) is 5.24. The lowest BCUT2D eigenvalue weighted by atomic mass is 9.98. The normalized spacial score (nSPS) is 12.7. The van der Waals surface area contributed by atoms with Crippen LogP contribution in [-0.4, -0.2) is 20.7 Å². The zero-order chi connectivity index (χ0) is 20.5. The first kappa shape index (κ1) is 18.4. The molecule has 0 bridgehead atoms. The maximum atomic E-state index is 13.0. The lowest BCUT2D eigenvalue weighted by Gasteiger charge is -2.10. The Morgan fingerprint density at radius 2 is 1.97 bits per heavy atom. The average Bonchev–Trinajstić information content (AvgIpc) is 3.23. The first-order valence-electron chi connectivity index (χ1n) is 9.87. The number of carbonyl (C=O) groups is 1. The van der Waals surface area contributed by atoms with E-state index in [1.54, 1.807) is 6.07 Å². The number of ketones is 1. The molecule has 6 heteroatoms. The highest BCUT2D eigenvalue weighted by molar-refractivity contribution is 6.08. The number of nitrogens with zero attached hydrogens (tertiary/aromatic N) is 3. The Bertz CT molecular complexity index is 1270. The average molecular weight is 396 g/mol. The van der Waals surface area contributed by atoms with Crippen LogP contribution in [0.1, 0.15) is 32.7 Å². The molecule has 1 aliphatic rings. The van der Waals surface area contributed by atoms with Gasteiger partial charge in [0.2, 0.25) is 11.8 Å². The third-order valence-electron chi connectivity index (χ3n) is 5.24. The number of benzene rings is 2. The summed E-state index contributed by atoms with van der Waals surface area (Å²) in [4.78, 5) is 26.1. The van der Waals surface area contributed by atoms with Crippen LogP contribution in [0, 0.1) is 6.92 Å². The molecule has 2 aromatic heterocycles. The van der Waals surface area contributed by atoms with E-state index in [0.29, 0.717) is 42.4 Å². The standard InChI is InChI=1S/C24H20N4O2/c1-15-4-2-5-16(10-15)11-22(29)18-6-3-7-20-17(18)8-9-23(28-20)30-24-19-12-25-13-21(19)26-14-27-24/h2-10,14,25H,11-13H2,1H3. The van der Waals surface area contributed by atoms with Crippen LogP contribution in [0.3, 0.4) is 0 Å². The van der Waals surface area contributed by atoms with Crippen molar-refractivity contribution < 1.29 is 9.53 Å². The summed E-state index contributed by atoms with van der Waals surface area (Å²) in [6.07, 6.45) is 1.86. The highest BCUT2D eigenvalue weighted by Gasteiger charge is 2.19. The number of Topliss-reactive ketones (excluding diaryl/α,β-unsaturated/α-hetero) is 1. The molecule has 3 heterocycles. The van der Waals surface area contributed by atoms with E-state index in [1.807, 2.05) is 55.5 Å². The number of nitrogens with one attached hydrogen (secondary N) is 1. The topological polar surface area (TPSA) is 77.0 Å². The maximum Gasteiger partial charge on any atom is 0.229 e. The molecule has 0 spiro atoms. The predicted molar refractivity (Wildman–Crippen MR) is 114 cm³/mol. The van der Waals surface area contributed by atoms with Gasteiger partial charge in [-0.3, -0.25) is 4.79 Å². The van der Waals surface area contributed by atoms with E-state index in [4.69, 9.17) is 4.74 Å². The zero-order valence-corrected chi connectivity index (χ0v) is 16.6. The van der Waals surface area contributed by atoms with E-state index in [0.717, 1.165) is 27.8 Å². The Hall–Kier alpha value is -3.64. The number of aryl methyl sites for hydroxylation is 1. The van der Waals surface area contributed by atoms with Crippen LogP contribution < -0.4 is 10.1 Å². The zero-order valence-electron chi connectivity index (χ0n) is 16.6. The van der Waals surface area contributed by atoms with Gasteiger partial charge in [0.05, 0.1) is 16.8 Å². The first-order valence-corrected chi connectivity index (χ1v) is 9.87. The van der Waals surface area contributed by atoms with Crippen molar-refractivity contribution in [3.8, 4) is 11.8 Å². The van der Waals surface area contributed by atoms with Crippen molar-refractivity contribution in [1.82, 2.24) is 20.3 Å². The van der Waals surface area contributed by atoms with E-state index in [-0.39, 0.29) is 5.78 Å². The molecular weight excluding hydrogens is 376 g/mol. The third kappa shape index (κ3) is 3.53. The van der Waals surface area contributed by atoms with Gasteiger partial charge in [0.15, 0.2) is 5.78 Å². The second kappa shape index (κ2) is 7.65. The molecule has 0 radical (unpaired) electrons. The summed E-state index contributed by atoms with van der Waals surface area (Å²) in [6.45, 7) is 3.42. The molecule has 1 aliphatic heterocycles. The molecule has 0 saturated carbocycles. The van der Waals surface area contributed by atoms with Crippen molar-refractivity contribution in [2.45, 2.75) is 26.4 Å². The summed E-state index contributed by atoms with van der Waals surface area (Å²) in [6, 6.07) is 17.3. The number of aromatic nitrogens is 3. The Morgan fingerprint density at radius 1 is 1.07 bits per heavy atom. The van der Waals surface area contributed by atoms with Gasteiger partial charge >= 0.3 is 0 Å². The highest BCUT2D eigenvalue weighted by atomic mass is 16.5. The largest absolute Gasteiger partial charge is 0.420 e. The van der Waals surface area contributed by atoms with Crippen LogP contribution >= 0.6 is 0 Å². The molecular formula is C24H20N4O2. The van der Waals surface area contributed by atoms with Crippen LogP contribution in [0.15, 0.2) is 60.9 Å². The second-order valence-electron chi connectivity index (χ2n) is 7.42. The summed E-state index contributed by atoms with van der Waals surface area (Å²) in [5.41, 5.74) is 5.45. The predicted octanol–water partition coefficient (Wildman–Crippen LogP) is 4.15. The monoisotopic (exact) mass is 396 g/mol. The number of carbonyl (C=O) groups excluding carboxylic acids is 1. The molecule has 0 amide bonds. The number of rotatable bonds is 5. The van der Waals surface area contributed by atoms with Crippen LogP contribution in [0.4, 0.5) is 0 Å². The Labute approximate surface area is 174 Å². The van der Waals surface area contributed by atoms with Crippen molar-refractivity contribution >= 4 is 16.7 Å². The van der Waals surface area contributed by atoms with Gasteiger partial charge in [-0.05, 0) is 24.6 Å². The van der Waals surface area contributed by atoms with Crippen LogP contribution in [-0.2, 0) is 19.5 Å². The molecule has 148 valence electrons. The number of ether oxygens (including phenoxy) is 1. The van der Waals surface area contributed by atoms with Crippen molar-refractivity contribution in [3.05, 3.63) is 88.9 Å². The van der Waals surface area contributed by atoms with E-state index in [9.17, 15) is 4.79 Å². The quantitative estimate of drug-likeness (QED) is 0.511. The van der Waals surface area contributed by atoms with Crippen molar-refractivity contribution in [3.63, 3.8) is 0 Å². The van der Waals surface area contributed by atoms with E-state index >= 15 is 0 Å². The first-order chi connectivity index (χ1) is 14.7. The number of fused-ring (bicyclic) bond motifs is 2. The van der Waals surface area contributed by atoms with Gasteiger partial charge in [-0.2, -0.15) is 0 Å². The van der Waals surface area contributed by atoms with Crippen molar-refractivity contribution in [1.29, 1.82) is 0 Å². The van der Waals surface area contributed by atoms with Gasteiger partial charge in [-0.1, -0.05) is 42.0 Å². The molecule has 5 rings (SSSR count). The van der Waals surface area contributed by atoms with Crippen molar-refractivity contribution in [2.75, 3.05) is 0 Å². The molecule has 2 aromatic carbocycles. The molecule has 30 heavy (non-hydrogen) atoms. The lowest BCUT2D eigenvalue weighted by Crippen LogP contribution is -2.05. The minimum Gasteiger partial charge on any atom is -0.420 e. The highest BCUT2D eigenvalue weighted by Crippen LogP contribution is 2.28. The van der Waals surface area contributed by atoms with Gasteiger partial charge in [-0.15, -0.1) is 0 Å². The second-order valence-corrected chi connectivity index (χ2v) is 7.42. The Morgan fingerprint density at radius 3 is 2.87 bits per heavy atom. The van der Waals surface area contributed by atoms with E-state index < -0.39 is 0 Å². The smallest absolute Gasteiger partial charge is 0.229 e. The van der Waals surface area contributed by atoms with Gasteiger partial charge in [0, 0.05) is 36.5 Å². The maximum absolute atomic E-state index is 13.0. The number of hydrogen-bond donors (Lipinski definition) is 1. The lowest BCUT2D eigenvalue weighted by molar-refractivity contribution is 0.0994. The molecule has 4 aromatic rings. The minimum atomic E-state index is 0.0707. The number of pyridine rings is 1. The summed E-state index contributed by atoms with van der Waals surface area (Å²) in [5, 5.41) is 4.06. The minimum absolute atomic E-state index is 0.0707.